The first kappa shape index (κ1) is 16.0. The molecule has 106 valence electrons. The van der Waals surface area contributed by atoms with Crippen molar-refractivity contribution < 1.29 is 31.1 Å². The zero-order valence-electron chi connectivity index (χ0n) is 9.49. The minimum atomic E-state index is -5.49. The molecule has 1 aromatic rings. The summed E-state index contributed by atoms with van der Waals surface area (Å²) in [5, 5.41) is 0.170. The van der Waals surface area contributed by atoms with E-state index in [1.165, 1.54) is 0 Å². The second-order valence-electron chi connectivity index (χ2n) is 3.39. The number of ether oxygens (including phenoxy) is 1. The third-order valence-corrected chi connectivity index (χ3v) is 4.33. The molecule has 0 aliphatic heterocycles. The maximum Gasteiger partial charge on any atom is 0.501 e. The average molecular weight is 361 g/mol. The fourth-order valence-corrected chi connectivity index (χ4v) is 2.55. The molecule has 0 aliphatic rings. The summed E-state index contributed by atoms with van der Waals surface area (Å²) in [4.78, 5) is 10.4. The monoisotopic (exact) mass is 360 g/mol. The first-order chi connectivity index (χ1) is 8.65. The van der Waals surface area contributed by atoms with Crippen LogP contribution in [0.2, 0.25) is 0 Å². The number of rotatable bonds is 3. The second kappa shape index (κ2) is 5.49. The standard InChI is InChI=1S/C10H8BrF3O4S/c1-18-9(15)8-4-7(3-2-6(8)5-11)19(16,17)10(12,13)14/h2-4H,5H2,1H3. The van der Waals surface area contributed by atoms with Gasteiger partial charge in [-0.15, -0.1) is 0 Å². The van der Waals surface area contributed by atoms with Gasteiger partial charge in [0, 0.05) is 5.33 Å². The molecule has 0 spiro atoms. The molecule has 9 heteroatoms. The van der Waals surface area contributed by atoms with Gasteiger partial charge in [-0.1, -0.05) is 22.0 Å². The van der Waals surface area contributed by atoms with Gasteiger partial charge in [-0.2, -0.15) is 13.2 Å². The van der Waals surface area contributed by atoms with Gasteiger partial charge in [0.25, 0.3) is 9.84 Å². The van der Waals surface area contributed by atoms with Crippen molar-refractivity contribution in [3.63, 3.8) is 0 Å². The van der Waals surface area contributed by atoms with Gasteiger partial charge in [0.05, 0.1) is 17.6 Å². The molecule has 0 aliphatic carbocycles. The maximum absolute atomic E-state index is 12.4. The molecule has 0 saturated carbocycles. The number of methoxy groups -OCH3 is 1. The highest BCUT2D eigenvalue weighted by molar-refractivity contribution is 9.08. The Balaban J connectivity index is 3.47. The van der Waals surface area contributed by atoms with Crippen LogP contribution in [-0.4, -0.2) is 27.0 Å². The largest absolute Gasteiger partial charge is 0.501 e. The molecule has 0 bridgehead atoms. The number of halogens is 4. The van der Waals surface area contributed by atoms with E-state index in [0.29, 0.717) is 11.6 Å². The fourth-order valence-electron chi connectivity index (χ4n) is 1.27. The Bertz CT molecular complexity index is 595. The second-order valence-corrected chi connectivity index (χ2v) is 5.90. The van der Waals surface area contributed by atoms with E-state index in [-0.39, 0.29) is 10.9 Å². The van der Waals surface area contributed by atoms with Crippen molar-refractivity contribution >= 4 is 31.7 Å². The van der Waals surface area contributed by atoms with Gasteiger partial charge in [0.2, 0.25) is 0 Å². The first-order valence-corrected chi connectivity index (χ1v) is 7.34. The van der Waals surface area contributed by atoms with E-state index < -0.39 is 26.2 Å². The Labute approximate surface area is 115 Å². The Morgan fingerprint density at radius 2 is 1.95 bits per heavy atom. The smallest absolute Gasteiger partial charge is 0.465 e. The summed E-state index contributed by atoms with van der Waals surface area (Å²) in [5.41, 5.74) is -5.33. The number of hydrogen-bond acceptors (Lipinski definition) is 4. The number of sulfone groups is 1. The van der Waals surface area contributed by atoms with Crippen molar-refractivity contribution in [1.29, 1.82) is 0 Å². The lowest BCUT2D eigenvalue weighted by molar-refractivity contribution is -0.0436. The number of alkyl halides is 4. The highest BCUT2D eigenvalue weighted by Gasteiger charge is 2.47. The molecule has 0 N–H and O–H groups in total. The van der Waals surface area contributed by atoms with Gasteiger partial charge >= 0.3 is 11.5 Å². The minimum absolute atomic E-state index is 0.170. The predicted octanol–water partition coefficient (Wildman–Crippen LogP) is 2.66. The van der Waals surface area contributed by atoms with Crippen LogP contribution in [0.4, 0.5) is 13.2 Å². The van der Waals surface area contributed by atoms with Crippen LogP contribution in [0, 0.1) is 0 Å². The van der Waals surface area contributed by atoms with Gasteiger partial charge < -0.3 is 4.74 Å². The molecule has 1 rings (SSSR count). The van der Waals surface area contributed by atoms with Crippen LogP contribution in [0.15, 0.2) is 23.1 Å². The summed E-state index contributed by atoms with van der Waals surface area (Å²) in [5.74, 6) is -0.909. The lowest BCUT2D eigenvalue weighted by Crippen LogP contribution is -2.23. The summed E-state index contributed by atoms with van der Waals surface area (Å²) in [6.45, 7) is 0. The van der Waals surface area contributed by atoms with E-state index in [4.69, 9.17) is 0 Å². The van der Waals surface area contributed by atoms with E-state index in [1.807, 2.05) is 0 Å². The third-order valence-electron chi connectivity index (χ3n) is 2.25. The lowest BCUT2D eigenvalue weighted by Gasteiger charge is -2.11. The Morgan fingerprint density at radius 1 is 1.37 bits per heavy atom. The Hall–Kier alpha value is -1.09. The number of carbonyl (C=O) groups is 1. The summed E-state index contributed by atoms with van der Waals surface area (Å²) >= 11 is 3.04. The van der Waals surface area contributed by atoms with Crippen LogP contribution in [-0.2, 0) is 19.9 Å². The molecule has 4 nitrogen and oxygen atoms in total. The van der Waals surface area contributed by atoms with Crippen molar-refractivity contribution in [3.8, 4) is 0 Å². The number of esters is 1. The predicted molar refractivity (Wildman–Crippen MR) is 63.7 cm³/mol. The number of hydrogen-bond donors (Lipinski definition) is 0. The summed E-state index contributed by atoms with van der Waals surface area (Å²) < 4.78 is 64.1. The van der Waals surface area contributed by atoms with Crippen molar-refractivity contribution in [2.45, 2.75) is 15.7 Å². The SMILES string of the molecule is COC(=O)c1cc(S(=O)(=O)C(F)(F)F)ccc1CBr. The van der Waals surface area contributed by atoms with E-state index in [9.17, 15) is 26.4 Å². The molecule has 0 amide bonds. The normalized spacial score (nSPS) is 12.3. The molecule has 0 unspecified atom stereocenters. The lowest BCUT2D eigenvalue weighted by atomic mass is 10.1. The Morgan fingerprint density at radius 3 is 2.37 bits per heavy atom. The van der Waals surface area contributed by atoms with E-state index in [0.717, 1.165) is 19.2 Å². The van der Waals surface area contributed by atoms with Crippen molar-refractivity contribution in [1.82, 2.24) is 0 Å². The van der Waals surface area contributed by atoms with Crippen molar-refractivity contribution in [2.24, 2.45) is 0 Å². The molecule has 19 heavy (non-hydrogen) atoms. The minimum Gasteiger partial charge on any atom is -0.465 e. The van der Waals surface area contributed by atoms with Crippen LogP contribution in [0.3, 0.4) is 0 Å². The summed E-state index contributed by atoms with van der Waals surface area (Å²) in [7, 11) is -4.44. The fraction of sp³-hybridized carbons (Fsp3) is 0.300. The van der Waals surface area contributed by atoms with Gasteiger partial charge in [0.1, 0.15) is 0 Å². The van der Waals surface area contributed by atoms with Crippen LogP contribution in [0.5, 0.6) is 0 Å². The summed E-state index contributed by atoms with van der Waals surface area (Å²) in [6.07, 6.45) is 0. The highest BCUT2D eigenvalue weighted by Crippen LogP contribution is 2.31. The molecule has 0 aromatic heterocycles. The van der Waals surface area contributed by atoms with Crippen LogP contribution >= 0.6 is 15.9 Å². The molecule has 0 atom stereocenters. The van der Waals surface area contributed by atoms with Gasteiger partial charge in [-0.3, -0.25) is 0 Å². The molecular formula is C10H8BrF3O4S. The molecular weight excluding hydrogens is 353 g/mol. The van der Waals surface area contributed by atoms with Crippen molar-refractivity contribution in [2.75, 3.05) is 7.11 Å². The van der Waals surface area contributed by atoms with Crippen LogP contribution < -0.4 is 0 Å². The zero-order valence-corrected chi connectivity index (χ0v) is 11.9. The van der Waals surface area contributed by atoms with E-state index in [1.54, 1.807) is 0 Å². The molecule has 0 fully saturated rings. The maximum atomic E-state index is 12.4. The number of carbonyl (C=O) groups excluding carboxylic acids is 1. The first-order valence-electron chi connectivity index (χ1n) is 4.73. The third kappa shape index (κ3) is 3.08. The van der Waals surface area contributed by atoms with Crippen LogP contribution in [0.1, 0.15) is 15.9 Å². The zero-order chi connectivity index (χ0) is 14.8. The van der Waals surface area contributed by atoms with Gasteiger partial charge in [0.15, 0.2) is 0 Å². The van der Waals surface area contributed by atoms with Crippen LogP contribution in [0.25, 0.3) is 0 Å². The molecule has 1 aromatic carbocycles. The molecule has 0 heterocycles. The quantitative estimate of drug-likeness (QED) is 0.614. The van der Waals surface area contributed by atoms with Crippen molar-refractivity contribution in [3.05, 3.63) is 29.3 Å². The number of benzene rings is 1. The van der Waals surface area contributed by atoms with Gasteiger partial charge in [-0.25, -0.2) is 13.2 Å². The summed E-state index contributed by atoms with van der Waals surface area (Å²) in [6, 6.07) is 2.58. The topological polar surface area (TPSA) is 60.4 Å². The molecule has 0 saturated heterocycles. The van der Waals surface area contributed by atoms with Gasteiger partial charge in [-0.05, 0) is 17.7 Å². The van der Waals surface area contributed by atoms with E-state index >= 15 is 0 Å². The highest BCUT2D eigenvalue weighted by atomic mass is 79.9. The Kier molecular flexibility index (Phi) is 4.62. The molecule has 0 radical (unpaired) electrons. The van der Waals surface area contributed by atoms with E-state index in [2.05, 4.69) is 20.7 Å². The average Bonchev–Trinajstić information content (AvgIpc) is 2.35.